The average Bonchev–Trinajstić information content (AvgIpc) is 2.75. The Bertz CT molecular complexity index is 680. The summed E-state index contributed by atoms with van der Waals surface area (Å²) in [4.78, 5) is 12.5. The molecule has 21 heavy (non-hydrogen) atoms. The van der Waals surface area contributed by atoms with E-state index in [1.165, 1.54) is 7.11 Å². The average molecular weight is 352 g/mol. The highest BCUT2D eigenvalue weighted by atomic mass is 79.9. The van der Waals surface area contributed by atoms with Gasteiger partial charge in [0.25, 0.3) is 0 Å². The van der Waals surface area contributed by atoms with Crippen LogP contribution in [0.15, 0.2) is 22.7 Å². The van der Waals surface area contributed by atoms with Crippen LogP contribution >= 0.6 is 15.9 Å². The van der Waals surface area contributed by atoms with E-state index in [0.717, 1.165) is 15.9 Å². The van der Waals surface area contributed by atoms with Crippen molar-refractivity contribution >= 4 is 27.4 Å². The van der Waals surface area contributed by atoms with Gasteiger partial charge in [0, 0.05) is 12.1 Å². The largest absolute Gasteiger partial charge is 0.495 e. The molecule has 0 aliphatic rings. The van der Waals surface area contributed by atoms with E-state index in [1.54, 1.807) is 18.2 Å². The van der Waals surface area contributed by atoms with Crippen LogP contribution in [0.25, 0.3) is 0 Å². The molecule has 1 aromatic carbocycles. The summed E-state index contributed by atoms with van der Waals surface area (Å²) in [5, 5.41) is 4.39. The number of aromatic nitrogens is 2. The van der Waals surface area contributed by atoms with Crippen molar-refractivity contribution in [3.8, 4) is 5.75 Å². The quantitative estimate of drug-likeness (QED) is 0.663. The molecular formula is C15H18BrN3O2. The van der Waals surface area contributed by atoms with Crippen molar-refractivity contribution in [3.63, 3.8) is 0 Å². The van der Waals surface area contributed by atoms with E-state index in [9.17, 15) is 4.79 Å². The van der Waals surface area contributed by atoms with Gasteiger partial charge in [-0.25, -0.2) is 0 Å². The predicted octanol–water partition coefficient (Wildman–Crippen LogP) is 2.99. The smallest absolute Gasteiger partial charge is 0.171 e. The van der Waals surface area contributed by atoms with E-state index in [0.29, 0.717) is 23.5 Å². The van der Waals surface area contributed by atoms with Gasteiger partial charge in [-0.2, -0.15) is 5.10 Å². The van der Waals surface area contributed by atoms with Crippen molar-refractivity contribution in [1.29, 1.82) is 0 Å². The van der Waals surface area contributed by atoms with Gasteiger partial charge in [-0.3, -0.25) is 9.48 Å². The molecule has 0 radical (unpaired) electrons. The summed E-state index contributed by atoms with van der Waals surface area (Å²) in [6.07, 6.45) is 0.243. The van der Waals surface area contributed by atoms with Crippen LogP contribution in [0.5, 0.6) is 5.75 Å². The second-order valence-corrected chi connectivity index (χ2v) is 5.48. The van der Waals surface area contributed by atoms with Gasteiger partial charge in [-0.05, 0) is 41.9 Å². The SMILES string of the molecule is CCn1nc(C)c(Br)c1CC(=O)c1cccc(OC)c1N. The molecule has 6 heteroatoms. The van der Waals surface area contributed by atoms with E-state index >= 15 is 0 Å². The molecule has 0 amide bonds. The normalized spacial score (nSPS) is 10.7. The van der Waals surface area contributed by atoms with Crippen LogP contribution in [0.4, 0.5) is 5.69 Å². The molecule has 2 rings (SSSR count). The lowest BCUT2D eigenvalue weighted by molar-refractivity contribution is 0.0991. The zero-order valence-electron chi connectivity index (χ0n) is 12.3. The van der Waals surface area contributed by atoms with Gasteiger partial charge in [-0.15, -0.1) is 0 Å². The molecule has 0 saturated carbocycles. The number of hydrogen-bond donors (Lipinski definition) is 1. The maximum atomic E-state index is 12.5. The van der Waals surface area contributed by atoms with Crippen molar-refractivity contribution < 1.29 is 9.53 Å². The first-order valence-corrected chi connectivity index (χ1v) is 7.46. The first-order chi connectivity index (χ1) is 9.99. The molecule has 1 heterocycles. The molecule has 2 aromatic rings. The zero-order chi connectivity index (χ0) is 15.6. The summed E-state index contributed by atoms with van der Waals surface area (Å²) in [6.45, 7) is 4.61. The summed E-state index contributed by atoms with van der Waals surface area (Å²) in [5.41, 5.74) is 8.57. The summed E-state index contributed by atoms with van der Waals surface area (Å²) >= 11 is 3.50. The molecule has 0 aliphatic carbocycles. The number of nitrogen functional groups attached to an aromatic ring is 1. The Morgan fingerprint density at radius 2 is 2.19 bits per heavy atom. The lowest BCUT2D eigenvalue weighted by Gasteiger charge is -2.10. The maximum absolute atomic E-state index is 12.5. The Kier molecular flexibility index (Phi) is 4.67. The highest BCUT2D eigenvalue weighted by Gasteiger charge is 2.19. The standard InChI is InChI=1S/C15H18BrN3O2/c1-4-19-11(14(16)9(2)18-19)8-12(20)10-6-5-7-13(21-3)15(10)17/h5-7H,4,8,17H2,1-3H3. The number of carbonyl (C=O) groups excluding carboxylic acids is 1. The number of benzene rings is 1. The number of anilines is 1. The number of carbonyl (C=O) groups is 1. The van der Waals surface area contributed by atoms with Crippen molar-refractivity contribution in [1.82, 2.24) is 9.78 Å². The number of aryl methyl sites for hydroxylation is 2. The summed E-state index contributed by atoms with van der Waals surface area (Å²) in [7, 11) is 1.53. The number of rotatable bonds is 5. The number of hydrogen-bond acceptors (Lipinski definition) is 4. The number of para-hydroxylation sites is 1. The first kappa shape index (κ1) is 15.6. The second kappa shape index (κ2) is 6.30. The van der Waals surface area contributed by atoms with Gasteiger partial charge in [0.15, 0.2) is 5.78 Å². The third kappa shape index (κ3) is 2.95. The third-order valence-electron chi connectivity index (χ3n) is 3.37. The fraction of sp³-hybridized carbons (Fsp3) is 0.333. The number of Topliss-reactive ketones (excluding diaryl/α,β-unsaturated/α-hetero) is 1. The lowest BCUT2D eigenvalue weighted by Crippen LogP contribution is -2.12. The highest BCUT2D eigenvalue weighted by Crippen LogP contribution is 2.27. The van der Waals surface area contributed by atoms with Gasteiger partial charge in [0.2, 0.25) is 0 Å². The van der Waals surface area contributed by atoms with Crippen molar-refractivity contribution in [2.24, 2.45) is 0 Å². The van der Waals surface area contributed by atoms with Crippen LogP contribution in [0, 0.1) is 6.92 Å². The molecule has 0 unspecified atom stereocenters. The molecule has 0 spiro atoms. The monoisotopic (exact) mass is 351 g/mol. The lowest BCUT2D eigenvalue weighted by atomic mass is 10.0. The van der Waals surface area contributed by atoms with E-state index in [2.05, 4.69) is 21.0 Å². The molecule has 1 aromatic heterocycles. The van der Waals surface area contributed by atoms with Crippen LogP contribution in [0.2, 0.25) is 0 Å². The van der Waals surface area contributed by atoms with Gasteiger partial charge >= 0.3 is 0 Å². The molecule has 0 saturated heterocycles. The molecule has 2 N–H and O–H groups in total. The molecule has 112 valence electrons. The molecule has 5 nitrogen and oxygen atoms in total. The first-order valence-electron chi connectivity index (χ1n) is 6.67. The summed E-state index contributed by atoms with van der Waals surface area (Å²) < 4.78 is 7.86. The van der Waals surface area contributed by atoms with Crippen molar-refractivity contribution in [3.05, 3.63) is 39.6 Å². The Labute approximate surface area is 132 Å². The van der Waals surface area contributed by atoms with Gasteiger partial charge < -0.3 is 10.5 Å². The van der Waals surface area contributed by atoms with Crippen LogP contribution < -0.4 is 10.5 Å². The maximum Gasteiger partial charge on any atom is 0.171 e. The number of nitrogens with two attached hydrogens (primary N) is 1. The highest BCUT2D eigenvalue weighted by molar-refractivity contribution is 9.10. The topological polar surface area (TPSA) is 70.1 Å². The number of nitrogens with zero attached hydrogens (tertiary/aromatic N) is 2. The van der Waals surface area contributed by atoms with Crippen LogP contribution in [0.1, 0.15) is 28.7 Å². The predicted molar refractivity (Wildman–Crippen MR) is 85.8 cm³/mol. The van der Waals surface area contributed by atoms with E-state index in [4.69, 9.17) is 10.5 Å². The molecular weight excluding hydrogens is 334 g/mol. The van der Waals surface area contributed by atoms with Crippen LogP contribution in [-0.2, 0) is 13.0 Å². The molecule has 0 aliphatic heterocycles. The Morgan fingerprint density at radius 3 is 2.81 bits per heavy atom. The zero-order valence-corrected chi connectivity index (χ0v) is 13.9. The van der Waals surface area contributed by atoms with Crippen molar-refractivity contribution in [2.45, 2.75) is 26.8 Å². The summed E-state index contributed by atoms with van der Waals surface area (Å²) in [6, 6.07) is 5.22. The molecule has 0 atom stereocenters. The van der Waals surface area contributed by atoms with Crippen molar-refractivity contribution in [2.75, 3.05) is 12.8 Å². The molecule has 0 fully saturated rings. The minimum atomic E-state index is -0.0540. The third-order valence-corrected chi connectivity index (χ3v) is 4.40. The van der Waals surface area contributed by atoms with E-state index in [1.807, 2.05) is 18.5 Å². The molecule has 0 bridgehead atoms. The number of ketones is 1. The number of halogens is 1. The fourth-order valence-electron chi connectivity index (χ4n) is 2.25. The van der Waals surface area contributed by atoms with Gasteiger partial charge in [0.1, 0.15) is 5.75 Å². The van der Waals surface area contributed by atoms with Crippen LogP contribution in [0.3, 0.4) is 0 Å². The minimum Gasteiger partial charge on any atom is -0.495 e. The van der Waals surface area contributed by atoms with E-state index < -0.39 is 0 Å². The van der Waals surface area contributed by atoms with E-state index in [-0.39, 0.29) is 12.2 Å². The number of ether oxygens (including phenoxy) is 1. The van der Waals surface area contributed by atoms with Crippen LogP contribution in [-0.4, -0.2) is 22.7 Å². The Balaban J connectivity index is 2.35. The van der Waals surface area contributed by atoms with Gasteiger partial charge in [-0.1, -0.05) is 6.07 Å². The van der Waals surface area contributed by atoms with Gasteiger partial charge in [0.05, 0.1) is 35.1 Å². The Hall–Kier alpha value is -1.82. The minimum absolute atomic E-state index is 0.0540. The number of methoxy groups -OCH3 is 1. The fourth-order valence-corrected chi connectivity index (χ4v) is 2.67. The summed E-state index contributed by atoms with van der Waals surface area (Å²) in [5.74, 6) is 0.460. The Morgan fingerprint density at radius 1 is 1.48 bits per heavy atom. The second-order valence-electron chi connectivity index (χ2n) is 4.68.